The maximum absolute atomic E-state index is 13.9. The lowest BCUT2D eigenvalue weighted by molar-refractivity contribution is 0.449. The van der Waals surface area contributed by atoms with E-state index < -0.39 is 11.6 Å². The molecule has 3 aromatic rings. The van der Waals surface area contributed by atoms with Gasteiger partial charge < -0.3 is 10.5 Å². The molecule has 1 heterocycles. The number of aromatic nitrogens is 1. The zero-order valence-electron chi connectivity index (χ0n) is 12.2. The van der Waals surface area contributed by atoms with Crippen molar-refractivity contribution in [2.75, 3.05) is 0 Å². The van der Waals surface area contributed by atoms with Crippen LogP contribution in [0.3, 0.4) is 0 Å². The van der Waals surface area contributed by atoms with E-state index in [1.165, 1.54) is 30.3 Å². The van der Waals surface area contributed by atoms with Crippen molar-refractivity contribution in [1.82, 2.24) is 4.98 Å². The Morgan fingerprint density at radius 2 is 2.00 bits per heavy atom. The summed E-state index contributed by atoms with van der Waals surface area (Å²) in [6.45, 7) is 0. The van der Waals surface area contributed by atoms with E-state index in [2.05, 4.69) is 4.98 Å². The summed E-state index contributed by atoms with van der Waals surface area (Å²) in [5.41, 5.74) is 0.518. The smallest absolute Gasteiger partial charge is 0.221 e. The molecule has 0 radical (unpaired) electrons. The van der Waals surface area contributed by atoms with Gasteiger partial charge in [0.2, 0.25) is 5.88 Å². The molecule has 0 aliphatic heterocycles. The monoisotopic (exact) mass is 364 g/mol. The minimum atomic E-state index is -0.461. The molecule has 3 nitrogen and oxygen atoms in total. The van der Waals surface area contributed by atoms with Gasteiger partial charge in [0, 0.05) is 27.9 Å². The van der Waals surface area contributed by atoms with Gasteiger partial charge in [0.25, 0.3) is 0 Å². The Labute approximate surface area is 145 Å². The van der Waals surface area contributed by atoms with Crippen LogP contribution >= 0.6 is 23.4 Å². The van der Waals surface area contributed by atoms with Gasteiger partial charge in [-0.15, -0.1) is 11.8 Å². The molecular weight excluding hydrogens is 354 g/mol. The van der Waals surface area contributed by atoms with Gasteiger partial charge in [-0.2, -0.15) is 0 Å². The predicted octanol–water partition coefficient (Wildman–Crippen LogP) is 5.16. The van der Waals surface area contributed by atoms with Crippen molar-refractivity contribution < 1.29 is 13.9 Å². The van der Waals surface area contributed by atoms with Gasteiger partial charge in [0.15, 0.2) is 0 Å². The van der Waals surface area contributed by atoms with E-state index in [1.54, 1.807) is 6.07 Å². The fourth-order valence-electron chi connectivity index (χ4n) is 2.33. The van der Waals surface area contributed by atoms with Crippen molar-refractivity contribution in [2.45, 2.75) is 10.8 Å². The average molecular weight is 365 g/mol. The van der Waals surface area contributed by atoms with Crippen LogP contribution in [0.15, 0.2) is 41.4 Å². The first-order valence-corrected chi connectivity index (χ1v) is 8.26. The number of fused-ring (bicyclic) bond motifs is 1. The number of nitrogens with zero attached hydrogens (tertiary/aromatic N) is 1. The van der Waals surface area contributed by atoms with Crippen molar-refractivity contribution in [3.63, 3.8) is 0 Å². The van der Waals surface area contributed by atoms with Gasteiger partial charge in [-0.3, -0.25) is 0 Å². The fraction of sp³-hybridized carbons (Fsp3) is 0.0588. The van der Waals surface area contributed by atoms with Gasteiger partial charge in [0.1, 0.15) is 16.7 Å². The molecule has 3 rings (SSSR count). The molecule has 0 spiro atoms. The highest BCUT2D eigenvalue weighted by atomic mass is 35.5. The lowest BCUT2D eigenvalue weighted by Gasteiger charge is -2.11. The van der Waals surface area contributed by atoms with E-state index in [0.717, 1.165) is 18.0 Å². The SMILES string of the molecule is N=Cc1c(O)nc(SCc2c(F)cccc2Cl)c2cc(F)ccc12. The molecule has 2 N–H and O–H groups in total. The summed E-state index contributed by atoms with van der Waals surface area (Å²) >= 11 is 7.14. The highest BCUT2D eigenvalue weighted by Crippen LogP contribution is 2.35. The van der Waals surface area contributed by atoms with Crippen molar-refractivity contribution in [3.05, 3.63) is 64.2 Å². The van der Waals surface area contributed by atoms with Crippen LogP contribution < -0.4 is 0 Å². The molecule has 0 aliphatic rings. The third kappa shape index (κ3) is 3.07. The number of thioether (sulfide) groups is 1. The van der Waals surface area contributed by atoms with Gasteiger partial charge in [-0.1, -0.05) is 23.7 Å². The summed E-state index contributed by atoms with van der Waals surface area (Å²) in [6.07, 6.45) is 0.963. The molecule has 0 bridgehead atoms. The minimum Gasteiger partial charge on any atom is -0.493 e. The van der Waals surface area contributed by atoms with E-state index in [1.807, 2.05) is 0 Å². The van der Waals surface area contributed by atoms with E-state index >= 15 is 0 Å². The fourth-order valence-corrected chi connectivity index (χ4v) is 3.69. The lowest BCUT2D eigenvalue weighted by Crippen LogP contribution is -1.95. The lowest BCUT2D eigenvalue weighted by atomic mass is 10.1. The number of aromatic hydroxyl groups is 1. The number of halogens is 3. The number of rotatable bonds is 4. The average Bonchev–Trinajstić information content (AvgIpc) is 2.54. The molecule has 1 aromatic heterocycles. The number of pyridine rings is 1. The van der Waals surface area contributed by atoms with E-state index in [9.17, 15) is 13.9 Å². The first-order valence-electron chi connectivity index (χ1n) is 6.89. The summed E-state index contributed by atoms with van der Waals surface area (Å²) in [7, 11) is 0. The summed E-state index contributed by atoms with van der Waals surface area (Å²) in [6, 6.07) is 8.41. The van der Waals surface area contributed by atoms with Crippen molar-refractivity contribution in [3.8, 4) is 5.88 Å². The Hall–Kier alpha value is -2.18. The van der Waals surface area contributed by atoms with Gasteiger partial charge in [0.05, 0.1) is 5.56 Å². The van der Waals surface area contributed by atoms with Gasteiger partial charge in [-0.25, -0.2) is 13.8 Å². The molecule has 7 heteroatoms. The zero-order valence-corrected chi connectivity index (χ0v) is 13.8. The van der Waals surface area contributed by atoms with Crippen LogP contribution in [0.25, 0.3) is 10.8 Å². The molecule has 0 amide bonds. The van der Waals surface area contributed by atoms with E-state index in [-0.39, 0.29) is 17.2 Å². The second-order valence-electron chi connectivity index (χ2n) is 4.98. The van der Waals surface area contributed by atoms with Crippen molar-refractivity contribution in [1.29, 1.82) is 5.41 Å². The van der Waals surface area contributed by atoms with Crippen LogP contribution in [0.2, 0.25) is 5.02 Å². The normalized spacial score (nSPS) is 11.0. The predicted molar refractivity (Wildman–Crippen MR) is 92.2 cm³/mol. The second kappa shape index (κ2) is 6.75. The summed E-state index contributed by atoms with van der Waals surface area (Å²) in [5, 5.41) is 19.0. The number of hydrogen-bond donors (Lipinski definition) is 2. The van der Waals surface area contributed by atoms with Crippen LogP contribution in [0.1, 0.15) is 11.1 Å². The Balaban J connectivity index is 2.06. The first kappa shape index (κ1) is 16.7. The molecule has 122 valence electrons. The van der Waals surface area contributed by atoms with Gasteiger partial charge in [-0.05, 0) is 29.7 Å². The topological polar surface area (TPSA) is 57.0 Å². The van der Waals surface area contributed by atoms with Crippen molar-refractivity contribution >= 4 is 40.3 Å². The van der Waals surface area contributed by atoms with E-state index in [0.29, 0.717) is 26.4 Å². The number of hydrogen-bond acceptors (Lipinski definition) is 4. The van der Waals surface area contributed by atoms with Crippen LogP contribution in [0, 0.1) is 17.0 Å². The third-order valence-electron chi connectivity index (χ3n) is 3.51. The summed E-state index contributed by atoms with van der Waals surface area (Å²) in [4.78, 5) is 4.02. The van der Waals surface area contributed by atoms with Crippen molar-refractivity contribution in [2.24, 2.45) is 0 Å². The standard InChI is InChI=1S/C17H11ClF2N2OS/c18-14-2-1-3-15(20)13(14)8-24-17-11-6-9(19)4-5-10(11)12(7-21)16(23)22-17/h1-7,21H,8H2,(H,22,23). The first-order chi connectivity index (χ1) is 11.5. The minimum absolute atomic E-state index is 0.174. The Morgan fingerprint density at radius 3 is 2.71 bits per heavy atom. The molecule has 0 saturated heterocycles. The van der Waals surface area contributed by atoms with Crippen LogP contribution in [-0.4, -0.2) is 16.3 Å². The maximum Gasteiger partial charge on any atom is 0.221 e. The summed E-state index contributed by atoms with van der Waals surface area (Å²) in [5.74, 6) is -1.05. The van der Waals surface area contributed by atoms with Crippen LogP contribution in [0.4, 0.5) is 8.78 Å². The van der Waals surface area contributed by atoms with E-state index in [4.69, 9.17) is 17.0 Å². The van der Waals surface area contributed by atoms with Crippen LogP contribution in [0.5, 0.6) is 5.88 Å². The molecule has 0 atom stereocenters. The quantitative estimate of drug-likeness (QED) is 0.496. The molecule has 0 fully saturated rings. The largest absolute Gasteiger partial charge is 0.493 e. The highest BCUT2D eigenvalue weighted by Gasteiger charge is 2.15. The third-order valence-corrected chi connectivity index (χ3v) is 4.88. The molecule has 0 unspecified atom stereocenters. The second-order valence-corrected chi connectivity index (χ2v) is 6.35. The molecule has 0 saturated carbocycles. The Bertz CT molecular complexity index is 929. The Kier molecular flexibility index (Phi) is 4.69. The Morgan fingerprint density at radius 1 is 1.21 bits per heavy atom. The maximum atomic E-state index is 13.9. The highest BCUT2D eigenvalue weighted by molar-refractivity contribution is 7.98. The van der Waals surface area contributed by atoms with Gasteiger partial charge >= 0.3 is 0 Å². The summed E-state index contributed by atoms with van der Waals surface area (Å²) < 4.78 is 27.5. The number of nitrogens with one attached hydrogen (secondary N) is 1. The zero-order chi connectivity index (χ0) is 17.3. The molecular formula is C17H11ClF2N2OS. The van der Waals surface area contributed by atoms with Crippen LogP contribution in [-0.2, 0) is 5.75 Å². The molecule has 2 aromatic carbocycles. The molecule has 0 aliphatic carbocycles. The number of benzene rings is 2. The molecule has 24 heavy (non-hydrogen) atoms.